The highest BCUT2D eigenvalue weighted by Gasteiger charge is 2.31. The first-order valence-electron chi connectivity index (χ1n) is 11.5. The molecule has 2 aromatic carbocycles. The number of hydrogen-bond acceptors (Lipinski definition) is 4. The molecule has 0 aromatic heterocycles. The molecule has 2 amide bonds. The van der Waals surface area contributed by atoms with Crippen molar-refractivity contribution < 1.29 is 17.6 Å². The Hall–Kier alpha value is -2.49. The van der Waals surface area contributed by atoms with Gasteiger partial charge in [-0.3, -0.25) is 0 Å². The Morgan fingerprint density at radius 3 is 2.30 bits per heavy atom. The molecule has 0 bridgehead atoms. The van der Waals surface area contributed by atoms with E-state index in [1.54, 1.807) is 23.1 Å². The number of rotatable bonds is 7. The second kappa shape index (κ2) is 12.7. The van der Waals surface area contributed by atoms with Gasteiger partial charge in [0.2, 0.25) is 10.0 Å². The average molecular weight is 479 g/mol. The van der Waals surface area contributed by atoms with Gasteiger partial charge in [0, 0.05) is 37.9 Å². The lowest BCUT2D eigenvalue weighted by Gasteiger charge is -2.37. The van der Waals surface area contributed by atoms with E-state index in [1.165, 1.54) is 16.4 Å². The third kappa shape index (κ3) is 7.25. The molecule has 0 unspecified atom stereocenters. The number of carbonyl (C=O) groups is 1. The van der Waals surface area contributed by atoms with Crippen molar-refractivity contribution >= 4 is 21.7 Å². The van der Waals surface area contributed by atoms with E-state index in [9.17, 15) is 17.6 Å². The van der Waals surface area contributed by atoms with E-state index in [-0.39, 0.29) is 30.2 Å². The summed E-state index contributed by atoms with van der Waals surface area (Å²) < 4.78 is 39.3. The summed E-state index contributed by atoms with van der Waals surface area (Å²) >= 11 is 0. The molecule has 182 valence electrons. The van der Waals surface area contributed by atoms with Crippen LogP contribution in [-0.2, 0) is 10.0 Å². The molecule has 0 saturated carbocycles. The van der Waals surface area contributed by atoms with Crippen LogP contribution in [-0.4, -0.2) is 61.6 Å². The van der Waals surface area contributed by atoms with Crippen molar-refractivity contribution in [3.8, 4) is 11.1 Å². The summed E-state index contributed by atoms with van der Waals surface area (Å²) in [6, 6.07) is 13.3. The molecule has 1 aliphatic heterocycles. The number of benzene rings is 2. The van der Waals surface area contributed by atoms with Gasteiger partial charge in [-0.1, -0.05) is 38.1 Å². The minimum Gasteiger partial charge on any atom is -0.329 e. The lowest BCUT2D eigenvalue weighted by Crippen LogP contribution is -2.50. The monoisotopic (exact) mass is 478 g/mol. The van der Waals surface area contributed by atoms with E-state index in [0.29, 0.717) is 38.2 Å². The zero-order valence-electron chi connectivity index (χ0n) is 19.6. The van der Waals surface area contributed by atoms with Gasteiger partial charge in [-0.15, -0.1) is 0 Å². The molecule has 33 heavy (non-hydrogen) atoms. The molecule has 2 aromatic rings. The zero-order valence-corrected chi connectivity index (χ0v) is 20.4. The van der Waals surface area contributed by atoms with Crippen LogP contribution in [0.1, 0.15) is 33.6 Å². The fraction of sp³-hybridized carbons (Fsp3) is 0.458. The van der Waals surface area contributed by atoms with Crippen LogP contribution in [0.2, 0.25) is 0 Å². The van der Waals surface area contributed by atoms with E-state index >= 15 is 0 Å². The van der Waals surface area contributed by atoms with Crippen molar-refractivity contribution in [3.05, 3.63) is 54.3 Å². The maximum absolute atomic E-state index is 13.4. The van der Waals surface area contributed by atoms with Gasteiger partial charge in [0.05, 0.1) is 5.75 Å². The molecule has 1 aliphatic rings. The summed E-state index contributed by atoms with van der Waals surface area (Å²) in [6.07, 6.45) is 1.17. The molecule has 3 N–H and O–H groups in total. The summed E-state index contributed by atoms with van der Waals surface area (Å²) in [5.74, 6) is -0.350. The summed E-state index contributed by atoms with van der Waals surface area (Å²) in [5.41, 5.74) is 7.67. The number of nitrogens with one attached hydrogen (secondary N) is 1. The smallest absolute Gasteiger partial charge is 0.322 e. The predicted molar refractivity (Wildman–Crippen MR) is 132 cm³/mol. The van der Waals surface area contributed by atoms with Gasteiger partial charge in [0.25, 0.3) is 0 Å². The van der Waals surface area contributed by atoms with E-state index in [0.717, 1.165) is 11.1 Å². The van der Waals surface area contributed by atoms with Crippen LogP contribution in [0, 0.1) is 5.82 Å². The highest BCUT2D eigenvalue weighted by Crippen LogP contribution is 2.23. The van der Waals surface area contributed by atoms with Gasteiger partial charge in [-0.25, -0.2) is 21.9 Å². The van der Waals surface area contributed by atoms with Crippen molar-refractivity contribution in [1.82, 2.24) is 9.21 Å². The number of hydrogen-bond donors (Lipinski definition) is 2. The summed E-state index contributed by atoms with van der Waals surface area (Å²) in [4.78, 5) is 14.6. The van der Waals surface area contributed by atoms with E-state index < -0.39 is 10.0 Å². The fourth-order valence-electron chi connectivity index (χ4n) is 3.89. The molecule has 0 spiro atoms. The Morgan fingerprint density at radius 2 is 1.76 bits per heavy atom. The Morgan fingerprint density at radius 1 is 1.12 bits per heavy atom. The number of amides is 2. The van der Waals surface area contributed by atoms with Crippen LogP contribution >= 0.6 is 0 Å². The van der Waals surface area contributed by atoms with Gasteiger partial charge in [-0.2, -0.15) is 0 Å². The number of anilines is 1. The van der Waals surface area contributed by atoms with Crippen LogP contribution in [0.15, 0.2) is 48.5 Å². The maximum Gasteiger partial charge on any atom is 0.322 e. The fourth-order valence-corrected chi connectivity index (χ4v) is 5.21. The molecule has 9 heteroatoms. The number of nitrogens with two attached hydrogens (primary N) is 1. The maximum atomic E-state index is 13.4. The molecular weight excluding hydrogens is 443 g/mol. The van der Waals surface area contributed by atoms with E-state index in [2.05, 4.69) is 5.32 Å². The van der Waals surface area contributed by atoms with Crippen LogP contribution in [0.5, 0.6) is 0 Å². The molecular formula is C24H35FN4O3S. The number of carbonyl (C=O) groups excluding carboxylic acids is 1. The highest BCUT2D eigenvalue weighted by molar-refractivity contribution is 7.89. The summed E-state index contributed by atoms with van der Waals surface area (Å²) in [5, 5.41) is 2.91. The minimum atomic E-state index is -3.32. The number of piperidine rings is 1. The molecule has 0 radical (unpaired) electrons. The quantitative estimate of drug-likeness (QED) is 0.626. The number of urea groups is 1. The van der Waals surface area contributed by atoms with Gasteiger partial charge in [0.1, 0.15) is 5.82 Å². The Balaban J connectivity index is 0.00000187. The van der Waals surface area contributed by atoms with E-state index in [1.807, 2.05) is 39.0 Å². The molecule has 0 atom stereocenters. The number of sulfonamides is 1. The lowest BCUT2D eigenvalue weighted by atomic mass is 10.0. The van der Waals surface area contributed by atoms with E-state index in [4.69, 9.17) is 5.73 Å². The van der Waals surface area contributed by atoms with Crippen LogP contribution in [0.4, 0.5) is 14.9 Å². The topological polar surface area (TPSA) is 95.7 Å². The van der Waals surface area contributed by atoms with Gasteiger partial charge < -0.3 is 16.0 Å². The standard InChI is InChI=1S/C22H29FN4O3S.C2H6/c1-2-27(21-10-13-26(14-11-21)31(29,30)15-12-24)22(28)25-20-8-6-17(7-9-20)18-4-3-5-19(23)16-18;1-2/h3-9,16,21H,2,10-15,24H2,1H3,(H,25,28);1-2H3. The van der Waals surface area contributed by atoms with Gasteiger partial charge in [0.15, 0.2) is 0 Å². The normalized spacial score (nSPS) is 14.8. The summed E-state index contributed by atoms with van der Waals surface area (Å²) in [6.45, 7) is 7.31. The number of halogens is 1. The molecule has 7 nitrogen and oxygen atoms in total. The first-order valence-corrected chi connectivity index (χ1v) is 13.1. The van der Waals surface area contributed by atoms with Crippen LogP contribution < -0.4 is 11.1 Å². The van der Waals surface area contributed by atoms with Crippen LogP contribution in [0.3, 0.4) is 0 Å². The molecule has 1 heterocycles. The second-order valence-corrected chi connectivity index (χ2v) is 9.63. The van der Waals surface area contributed by atoms with Crippen molar-refractivity contribution in [3.63, 3.8) is 0 Å². The predicted octanol–water partition coefficient (Wildman–Crippen LogP) is 4.13. The Bertz CT molecular complexity index is 991. The molecule has 1 saturated heterocycles. The molecule has 0 aliphatic carbocycles. The van der Waals surface area contributed by atoms with Crippen LogP contribution in [0.25, 0.3) is 11.1 Å². The minimum absolute atomic E-state index is 0.0270. The molecule has 1 fully saturated rings. The number of nitrogens with zero attached hydrogens (tertiary/aromatic N) is 2. The zero-order chi connectivity index (χ0) is 24.4. The highest BCUT2D eigenvalue weighted by atomic mass is 32.2. The lowest BCUT2D eigenvalue weighted by molar-refractivity contribution is 0.160. The first-order chi connectivity index (χ1) is 15.8. The largest absolute Gasteiger partial charge is 0.329 e. The Kier molecular flexibility index (Phi) is 10.3. The third-order valence-electron chi connectivity index (χ3n) is 5.53. The van der Waals surface area contributed by atoms with Crippen molar-refractivity contribution in [2.24, 2.45) is 5.73 Å². The Labute approximate surface area is 196 Å². The second-order valence-electron chi connectivity index (χ2n) is 7.54. The molecule has 3 rings (SSSR count). The SMILES string of the molecule is CC.CCN(C(=O)Nc1ccc(-c2cccc(F)c2)cc1)C1CCN(S(=O)(=O)CCN)CC1. The van der Waals surface area contributed by atoms with Gasteiger partial charge >= 0.3 is 6.03 Å². The van der Waals surface area contributed by atoms with Crippen molar-refractivity contribution in [2.45, 2.75) is 39.7 Å². The summed E-state index contributed by atoms with van der Waals surface area (Å²) in [7, 11) is -3.32. The third-order valence-corrected chi connectivity index (χ3v) is 7.43. The van der Waals surface area contributed by atoms with Gasteiger partial charge in [-0.05, 0) is 55.2 Å². The average Bonchev–Trinajstić information content (AvgIpc) is 2.82. The van der Waals surface area contributed by atoms with Crippen molar-refractivity contribution in [2.75, 3.05) is 37.2 Å². The van der Waals surface area contributed by atoms with Crippen molar-refractivity contribution in [1.29, 1.82) is 0 Å². The first kappa shape index (κ1) is 26.8.